The van der Waals surface area contributed by atoms with Gasteiger partial charge in [-0.15, -0.1) is 0 Å². The number of carboxylic acid groups (broad SMARTS) is 1. The van der Waals surface area contributed by atoms with E-state index >= 15 is 0 Å². The maximum atomic E-state index is 11.8. The van der Waals surface area contributed by atoms with Gasteiger partial charge in [-0.25, -0.2) is 0 Å². The molecule has 0 spiro atoms. The number of carbonyl (C=O) groups is 3. The Hall–Kier alpha value is 0.320. The van der Waals surface area contributed by atoms with Crippen LogP contribution in [-0.2, 0) is 29.2 Å². The van der Waals surface area contributed by atoms with Gasteiger partial charge in [0, 0.05) is 6.42 Å². The third-order valence-electron chi connectivity index (χ3n) is 4.15. The van der Waals surface area contributed by atoms with Crippen molar-refractivity contribution in [1.82, 2.24) is 5.32 Å². The van der Waals surface area contributed by atoms with E-state index in [1.165, 1.54) is 39.0 Å². The van der Waals surface area contributed by atoms with Crippen LogP contribution >= 0.6 is 0 Å². The second kappa shape index (κ2) is 20.0. The number of hydrogen-bond donors (Lipinski definition) is 3. The first-order valence-corrected chi connectivity index (χ1v) is 11.3. The average molecular weight is 472 g/mol. The van der Waals surface area contributed by atoms with Gasteiger partial charge in [0.2, 0.25) is 5.91 Å². The van der Waals surface area contributed by atoms with E-state index in [0.29, 0.717) is 6.42 Å². The van der Waals surface area contributed by atoms with E-state index < -0.39 is 40.0 Å². The van der Waals surface area contributed by atoms with Crippen LogP contribution in [0.2, 0.25) is 0 Å². The standard InChI is InChI=1S/C18H33NO8S.2Na.2H/c1-3-4-5-6-7-8-9-10-11-12-16(20)19-14(2)27-18(23)15(13-17(21)22)28(24,25)26;;;;/h14-15H,3-13H2,1-2H3,(H,19,20)(H,21,22)(H,24,25,26);;;;. The Morgan fingerprint density at radius 2 is 1.40 bits per heavy atom. The Labute approximate surface area is 223 Å². The molecule has 9 nitrogen and oxygen atoms in total. The van der Waals surface area contributed by atoms with E-state index in [2.05, 4.69) is 12.2 Å². The number of rotatable bonds is 16. The number of carboxylic acids is 1. The fraction of sp³-hybridized carbons (Fsp3) is 0.833. The molecule has 168 valence electrons. The summed E-state index contributed by atoms with van der Waals surface area (Å²) in [6.45, 7) is 3.49. The van der Waals surface area contributed by atoms with Gasteiger partial charge >= 0.3 is 71.1 Å². The van der Waals surface area contributed by atoms with Crippen LogP contribution < -0.4 is 5.32 Å². The van der Waals surface area contributed by atoms with Gasteiger partial charge in [-0.1, -0.05) is 58.3 Å². The topological polar surface area (TPSA) is 147 Å². The van der Waals surface area contributed by atoms with Gasteiger partial charge in [-0.05, 0) is 13.3 Å². The average Bonchev–Trinajstić information content (AvgIpc) is 2.56. The van der Waals surface area contributed by atoms with E-state index in [-0.39, 0.29) is 71.4 Å². The number of amides is 1. The molecule has 2 unspecified atom stereocenters. The van der Waals surface area contributed by atoms with Crippen molar-refractivity contribution in [3.63, 3.8) is 0 Å². The molecule has 0 rings (SSSR count). The van der Waals surface area contributed by atoms with Gasteiger partial charge in [0.1, 0.15) is 0 Å². The summed E-state index contributed by atoms with van der Waals surface area (Å²) in [6, 6.07) is 0. The summed E-state index contributed by atoms with van der Waals surface area (Å²) in [4.78, 5) is 34.2. The number of hydrogen-bond acceptors (Lipinski definition) is 6. The van der Waals surface area contributed by atoms with Crippen LogP contribution in [0.5, 0.6) is 0 Å². The van der Waals surface area contributed by atoms with Crippen LogP contribution in [0, 0.1) is 0 Å². The summed E-state index contributed by atoms with van der Waals surface area (Å²) in [5, 5.41) is 8.79. The number of unbranched alkanes of at least 4 members (excludes halogenated alkanes) is 8. The van der Waals surface area contributed by atoms with E-state index in [4.69, 9.17) is 14.4 Å². The molecule has 0 saturated carbocycles. The van der Waals surface area contributed by atoms with Crippen molar-refractivity contribution in [3.8, 4) is 0 Å². The molecule has 0 saturated heterocycles. The molecule has 0 aromatic heterocycles. The van der Waals surface area contributed by atoms with Crippen LogP contribution in [0.25, 0.3) is 0 Å². The molecule has 12 heteroatoms. The molecule has 2 atom stereocenters. The van der Waals surface area contributed by atoms with Crippen LogP contribution in [0.4, 0.5) is 0 Å². The number of aliphatic carboxylic acids is 1. The maximum absolute atomic E-state index is 11.8. The molecule has 0 aromatic carbocycles. The Kier molecular flexibility index (Phi) is 23.2. The molecule has 0 aliphatic rings. The zero-order valence-corrected chi connectivity index (χ0v) is 17.5. The summed E-state index contributed by atoms with van der Waals surface area (Å²) in [5.41, 5.74) is 0. The van der Waals surface area contributed by atoms with Crippen molar-refractivity contribution in [2.45, 2.75) is 96.0 Å². The Morgan fingerprint density at radius 1 is 0.933 bits per heavy atom. The molecule has 30 heavy (non-hydrogen) atoms. The first-order valence-electron chi connectivity index (χ1n) is 9.75. The molecule has 1 amide bonds. The third-order valence-corrected chi connectivity index (χ3v) is 5.23. The van der Waals surface area contributed by atoms with Crippen LogP contribution in [0.3, 0.4) is 0 Å². The van der Waals surface area contributed by atoms with Crippen LogP contribution in [-0.4, -0.2) is 107 Å². The van der Waals surface area contributed by atoms with Gasteiger partial charge in [0.25, 0.3) is 10.1 Å². The Bertz CT molecular complexity index is 601. The molecule has 3 N–H and O–H groups in total. The second-order valence-electron chi connectivity index (χ2n) is 6.83. The molecule has 0 heterocycles. The number of nitrogens with one attached hydrogen (secondary N) is 1. The number of esters is 1. The first kappa shape index (κ1) is 34.9. The molecular formula is C18H35NNa2O8S. The predicted molar refractivity (Wildman–Crippen MR) is 117 cm³/mol. The SMILES string of the molecule is CCCCCCCCCCCC(=O)NC(C)OC(=O)C(CC(=O)O)S(=O)(=O)O.[NaH].[NaH]. The molecule has 0 aromatic rings. The molecule has 0 aliphatic heterocycles. The predicted octanol–water partition coefficient (Wildman–Crippen LogP) is 1.35. The van der Waals surface area contributed by atoms with Crippen LogP contribution in [0.15, 0.2) is 0 Å². The monoisotopic (exact) mass is 471 g/mol. The van der Waals surface area contributed by atoms with Gasteiger partial charge in [0.15, 0.2) is 11.5 Å². The zero-order chi connectivity index (χ0) is 21.6. The Morgan fingerprint density at radius 3 is 1.83 bits per heavy atom. The normalized spacial score (nSPS) is 12.6. The van der Waals surface area contributed by atoms with Gasteiger partial charge in [-0.2, -0.15) is 8.42 Å². The van der Waals surface area contributed by atoms with Gasteiger partial charge < -0.3 is 15.2 Å². The van der Waals surface area contributed by atoms with Gasteiger partial charge in [0.05, 0.1) is 6.42 Å². The molecule has 0 radical (unpaired) electrons. The third kappa shape index (κ3) is 19.0. The van der Waals surface area contributed by atoms with Crippen molar-refractivity contribution >= 4 is 87.1 Å². The fourth-order valence-corrected chi connectivity index (χ4v) is 3.30. The van der Waals surface area contributed by atoms with E-state index in [1.54, 1.807) is 0 Å². The van der Waals surface area contributed by atoms with Crippen molar-refractivity contribution in [1.29, 1.82) is 0 Å². The van der Waals surface area contributed by atoms with Crippen LogP contribution in [0.1, 0.15) is 84.5 Å². The summed E-state index contributed by atoms with van der Waals surface area (Å²) in [5.74, 6) is -3.37. The number of carbonyl (C=O) groups excluding carboxylic acids is 2. The van der Waals surface area contributed by atoms with Crippen molar-refractivity contribution in [2.75, 3.05) is 0 Å². The minimum absolute atomic E-state index is 0. The van der Waals surface area contributed by atoms with E-state index in [9.17, 15) is 22.8 Å². The summed E-state index contributed by atoms with van der Waals surface area (Å²) < 4.78 is 35.9. The second-order valence-corrected chi connectivity index (χ2v) is 8.43. The van der Waals surface area contributed by atoms with E-state index in [1.807, 2.05) is 0 Å². The molecule has 0 fully saturated rings. The quantitative estimate of drug-likeness (QED) is 0.100. The van der Waals surface area contributed by atoms with Crippen molar-refractivity contribution in [3.05, 3.63) is 0 Å². The molecular weight excluding hydrogens is 436 g/mol. The summed E-state index contributed by atoms with van der Waals surface area (Å²) >= 11 is 0. The van der Waals surface area contributed by atoms with Crippen molar-refractivity contribution in [2.24, 2.45) is 0 Å². The molecule has 0 bridgehead atoms. The number of ether oxygens (including phenoxy) is 1. The zero-order valence-electron chi connectivity index (χ0n) is 16.7. The summed E-state index contributed by atoms with van der Waals surface area (Å²) in [7, 11) is -4.93. The first-order chi connectivity index (χ1) is 13.1. The molecule has 0 aliphatic carbocycles. The van der Waals surface area contributed by atoms with Gasteiger partial charge in [-0.3, -0.25) is 18.9 Å². The minimum atomic E-state index is -4.93. The van der Waals surface area contributed by atoms with E-state index in [0.717, 1.165) is 19.3 Å². The van der Waals surface area contributed by atoms with Crippen molar-refractivity contribution < 1.29 is 37.2 Å². The summed E-state index contributed by atoms with van der Waals surface area (Å²) in [6.07, 6.45) is 7.96. The Balaban J connectivity index is -0.00000364. The fourth-order valence-electron chi connectivity index (χ4n) is 2.64.